The van der Waals surface area contributed by atoms with Gasteiger partial charge in [-0.1, -0.05) is 67.2 Å². The molecule has 4 heteroatoms. The Balaban J connectivity index is 2.03. The first-order chi connectivity index (χ1) is 11.2. The third-order valence-corrected chi connectivity index (χ3v) is 3.31. The van der Waals surface area contributed by atoms with Crippen LogP contribution in [0.15, 0.2) is 73.5 Å². The van der Waals surface area contributed by atoms with Crippen LogP contribution in [0, 0.1) is 0 Å². The lowest BCUT2D eigenvalue weighted by atomic mass is 10.1. The minimum absolute atomic E-state index is 0.216. The van der Waals surface area contributed by atoms with Gasteiger partial charge in [0.25, 0.3) is 0 Å². The van der Waals surface area contributed by atoms with Crippen molar-refractivity contribution >= 4 is 11.9 Å². The Kier molecular flexibility index (Phi) is 6.12. The van der Waals surface area contributed by atoms with Crippen LogP contribution in [0.3, 0.4) is 0 Å². The van der Waals surface area contributed by atoms with Crippen LogP contribution in [-0.2, 0) is 27.2 Å². The Hall–Kier alpha value is -2.88. The molecule has 118 valence electrons. The summed E-state index contributed by atoms with van der Waals surface area (Å²) < 4.78 is 4.84. The predicted octanol–water partition coefficient (Wildman–Crippen LogP) is 2.64. The molecule has 0 bridgehead atoms. The van der Waals surface area contributed by atoms with E-state index in [1.54, 1.807) is 0 Å². The molecule has 0 radical (unpaired) electrons. The molecule has 0 saturated carbocycles. The summed E-state index contributed by atoms with van der Waals surface area (Å²) in [4.78, 5) is 24.2. The lowest BCUT2D eigenvalue weighted by Crippen LogP contribution is -2.43. The summed E-state index contributed by atoms with van der Waals surface area (Å²) >= 11 is 0. The summed E-state index contributed by atoms with van der Waals surface area (Å²) in [6.45, 7) is 3.38. The molecular weight excluding hydrogens is 290 g/mol. The van der Waals surface area contributed by atoms with Crippen LogP contribution < -0.4 is 5.32 Å². The second-order valence-corrected chi connectivity index (χ2v) is 5.08. The number of benzene rings is 2. The fourth-order valence-electron chi connectivity index (χ4n) is 2.23. The standard InChI is InChI=1S/C19H19NO3/c1-2-23-19(22)17(13-15-9-5-3-6-10-15)20-18(21)14-16-11-7-4-8-12-16/h2-12,17H,1,13-14H2,(H,20,21)/t17-/m0/s1. The summed E-state index contributed by atoms with van der Waals surface area (Å²) in [5.74, 6) is -0.747. The molecule has 0 aliphatic heterocycles. The highest BCUT2D eigenvalue weighted by Crippen LogP contribution is 2.06. The Morgan fingerprint density at radius 3 is 2.13 bits per heavy atom. The van der Waals surface area contributed by atoms with Crippen molar-refractivity contribution in [3.8, 4) is 0 Å². The van der Waals surface area contributed by atoms with Crippen LogP contribution in [0.1, 0.15) is 11.1 Å². The van der Waals surface area contributed by atoms with E-state index in [2.05, 4.69) is 11.9 Å². The highest BCUT2D eigenvalue weighted by atomic mass is 16.5. The topological polar surface area (TPSA) is 55.4 Å². The van der Waals surface area contributed by atoms with Crippen LogP contribution in [0.4, 0.5) is 0 Å². The van der Waals surface area contributed by atoms with E-state index in [9.17, 15) is 9.59 Å². The predicted molar refractivity (Wildman–Crippen MR) is 88.5 cm³/mol. The molecule has 4 nitrogen and oxygen atoms in total. The normalized spacial score (nSPS) is 11.3. The first kappa shape index (κ1) is 16.5. The molecule has 2 aromatic carbocycles. The summed E-state index contributed by atoms with van der Waals surface area (Å²) in [6, 6.07) is 18.1. The van der Waals surface area contributed by atoms with Gasteiger partial charge in [0.2, 0.25) is 5.91 Å². The van der Waals surface area contributed by atoms with Gasteiger partial charge in [-0.05, 0) is 11.1 Å². The SMILES string of the molecule is C=COC(=O)[C@H](Cc1ccccc1)NC(=O)Cc1ccccc1. The molecule has 23 heavy (non-hydrogen) atoms. The van der Waals surface area contributed by atoms with Gasteiger partial charge in [-0.15, -0.1) is 0 Å². The number of nitrogens with one attached hydrogen (secondary N) is 1. The molecule has 1 amide bonds. The molecule has 2 rings (SSSR count). The van der Waals surface area contributed by atoms with Gasteiger partial charge < -0.3 is 10.1 Å². The van der Waals surface area contributed by atoms with Gasteiger partial charge in [-0.2, -0.15) is 0 Å². The summed E-state index contributed by atoms with van der Waals surface area (Å²) in [7, 11) is 0. The Morgan fingerprint density at radius 1 is 1.00 bits per heavy atom. The van der Waals surface area contributed by atoms with Crippen molar-refractivity contribution in [2.45, 2.75) is 18.9 Å². The zero-order valence-electron chi connectivity index (χ0n) is 12.8. The van der Waals surface area contributed by atoms with E-state index in [0.29, 0.717) is 6.42 Å². The van der Waals surface area contributed by atoms with Crippen molar-refractivity contribution in [1.29, 1.82) is 0 Å². The molecule has 0 aliphatic rings. The van der Waals surface area contributed by atoms with E-state index in [1.165, 1.54) is 0 Å². The number of esters is 1. The molecule has 0 aromatic heterocycles. The van der Waals surface area contributed by atoms with Gasteiger partial charge in [-0.3, -0.25) is 4.79 Å². The number of hydrogen-bond donors (Lipinski definition) is 1. The Morgan fingerprint density at radius 2 is 1.57 bits per heavy atom. The summed E-state index contributed by atoms with van der Waals surface area (Å²) in [6.07, 6.45) is 1.66. The maximum absolute atomic E-state index is 12.2. The van der Waals surface area contributed by atoms with E-state index < -0.39 is 12.0 Å². The van der Waals surface area contributed by atoms with Crippen molar-refractivity contribution < 1.29 is 14.3 Å². The maximum Gasteiger partial charge on any atom is 0.333 e. The second-order valence-electron chi connectivity index (χ2n) is 5.08. The first-order valence-electron chi connectivity index (χ1n) is 7.37. The number of rotatable bonds is 7. The number of carbonyl (C=O) groups is 2. The Labute approximate surface area is 135 Å². The van der Waals surface area contributed by atoms with Gasteiger partial charge >= 0.3 is 5.97 Å². The summed E-state index contributed by atoms with van der Waals surface area (Å²) in [5, 5.41) is 2.74. The lowest BCUT2D eigenvalue weighted by molar-refractivity contribution is -0.142. The van der Waals surface area contributed by atoms with Crippen molar-refractivity contribution in [3.05, 3.63) is 84.6 Å². The molecule has 0 spiro atoms. The van der Waals surface area contributed by atoms with Crippen LogP contribution >= 0.6 is 0 Å². The maximum atomic E-state index is 12.2. The summed E-state index contributed by atoms with van der Waals surface area (Å²) in [5.41, 5.74) is 1.83. The smallest absolute Gasteiger partial charge is 0.333 e. The largest absolute Gasteiger partial charge is 0.434 e. The average Bonchev–Trinajstić information content (AvgIpc) is 2.56. The van der Waals surface area contributed by atoms with Crippen molar-refractivity contribution in [1.82, 2.24) is 5.32 Å². The van der Waals surface area contributed by atoms with Crippen LogP contribution in [0.5, 0.6) is 0 Å². The van der Waals surface area contributed by atoms with Gasteiger partial charge in [-0.25, -0.2) is 4.79 Å². The van der Waals surface area contributed by atoms with Crippen LogP contribution in [0.2, 0.25) is 0 Å². The van der Waals surface area contributed by atoms with Crippen molar-refractivity contribution in [2.75, 3.05) is 0 Å². The minimum atomic E-state index is -0.744. The number of amides is 1. The fraction of sp³-hybridized carbons (Fsp3) is 0.158. The van der Waals surface area contributed by atoms with Gasteiger partial charge in [0.1, 0.15) is 6.04 Å². The van der Waals surface area contributed by atoms with Gasteiger partial charge in [0.05, 0.1) is 12.7 Å². The van der Waals surface area contributed by atoms with Crippen LogP contribution in [-0.4, -0.2) is 17.9 Å². The van der Waals surface area contributed by atoms with E-state index in [0.717, 1.165) is 17.4 Å². The molecule has 0 unspecified atom stereocenters. The second kappa shape index (κ2) is 8.54. The van der Waals surface area contributed by atoms with Crippen molar-refractivity contribution in [3.63, 3.8) is 0 Å². The average molecular weight is 309 g/mol. The lowest BCUT2D eigenvalue weighted by Gasteiger charge is -2.16. The van der Waals surface area contributed by atoms with Gasteiger partial charge in [0.15, 0.2) is 0 Å². The van der Waals surface area contributed by atoms with Crippen LogP contribution in [0.25, 0.3) is 0 Å². The first-order valence-corrected chi connectivity index (χ1v) is 7.37. The Bertz CT molecular complexity index is 653. The number of ether oxygens (including phenoxy) is 1. The van der Waals surface area contributed by atoms with E-state index in [-0.39, 0.29) is 12.3 Å². The van der Waals surface area contributed by atoms with E-state index in [1.807, 2.05) is 60.7 Å². The molecule has 1 N–H and O–H groups in total. The highest BCUT2D eigenvalue weighted by molar-refractivity contribution is 5.86. The van der Waals surface area contributed by atoms with E-state index >= 15 is 0 Å². The molecule has 0 heterocycles. The molecule has 0 aliphatic carbocycles. The highest BCUT2D eigenvalue weighted by Gasteiger charge is 2.22. The van der Waals surface area contributed by atoms with Gasteiger partial charge in [0, 0.05) is 6.42 Å². The molecular formula is C19H19NO3. The molecule has 1 atom stereocenters. The molecule has 0 fully saturated rings. The minimum Gasteiger partial charge on any atom is -0.434 e. The van der Waals surface area contributed by atoms with E-state index in [4.69, 9.17) is 4.74 Å². The number of hydrogen-bond acceptors (Lipinski definition) is 3. The zero-order valence-corrected chi connectivity index (χ0v) is 12.8. The molecule has 0 saturated heterocycles. The third-order valence-electron chi connectivity index (χ3n) is 3.31. The third kappa shape index (κ3) is 5.43. The zero-order chi connectivity index (χ0) is 16.5. The monoisotopic (exact) mass is 309 g/mol. The molecule has 2 aromatic rings. The number of carbonyl (C=O) groups excluding carboxylic acids is 2. The van der Waals surface area contributed by atoms with Crippen molar-refractivity contribution in [2.24, 2.45) is 0 Å². The fourth-order valence-corrected chi connectivity index (χ4v) is 2.23. The quantitative estimate of drug-likeness (QED) is 0.632.